The molecule has 0 saturated heterocycles. The van der Waals surface area contributed by atoms with Crippen LogP contribution in [0.4, 0.5) is 0 Å². The molecule has 2 aromatic carbocycles. The van der Waals surface area contributed by atoms with Gasteiger partial charge in [0, 0.05) is 21.5 Å². The second-order valence-electron chi connectivity index (χ2n) is 4.94. The van der Waals surface area contributed by atoms with Crippen molar-refractivity contribution in [1.82, 2.24) is 5.32 Å². The smallest absolute Gasteiger partial charge is 0.0297 e. The van der Waals surface area contributed by atoms with E-state index in [-0.39, 0.29) is 0 Å². The molecule has 2 rings (SSSR count). The molecule has 20 heavy (non-hydrogen) atoms. The average Bonchev–Trinajstić information content (AvgIpc) is 2.47. The molecule has 1 unspecified atom stereocenters. The third kappa shape index (κ3) is 4.11. The molecule has 0 radical (unpaired) electrons. The Bertz CT molecular complexity index is 553. The summed E-state index contributed by atoms with van der Waals surface area (Å²) >= 11 is 5.30. The fourth-order valence-corrected chi connectivity index (χ4v) is 3.06. The van der Waals surface area contributed by atoms with Crippen molar-refractivity contribution in [1.29, 1.82) is 0 Å². The highest BCUT2D eigenvalue weighted by atomic mass is 79.9. The Labute approximate surface area is 134 Å². The van der Waals surface area contributed by atoms with Crippen LogP contribution >= 0.6 is 27.7 Å². The maximum Gasteiger partial charge on any atom is 0.0297 e. The number of rotatable bonds is 5. The van der Waals surface area contributed by atoms with Gasteiger partial charge in [-0.15, -0.1) is 11.8 Å². The largest absolute Gasteiger partial charge is 0.304 e. The molecule has 106 valence electrons. The van der Waals surface area contributed by atoms with Crippen LogP contribution in [-0.2, 0) is 0 Å². The summed E-state index contributed by atoms with van der Waals surface area (Å²) in [7, 11) is 0. The van der Waals surface area contributed by atoms with Crippen LogP contribution in [0.15, 0.2) is 57.9 Å². The lowest BCUT2D eigenvalue weighted by molar-refractivity contribution is 0.494. The number of hydrogen-bond donors (Lipinski definition) is 1. The summed E-state index contributed by atoms with van der Waals surface area (Å²) in [5.41, 5.74) is 2.62. The quantitative estimate of drug-likeness (QED) is 0.706. The third-order valence-corrected chi connectivity index (χ3v) is 4.70. The molecular formula is C17H20BrNS. The number of thioether (sulfide) groups is 1. The van der Waals surface area contributed by atoms with Crippen molar-refractivity contribution in [3.8, 4) is 0 Å². The third-order valence-electron chi connectivity index (χ3n) is 3.46. The lowest BCUT2D eigenvalue weighted by Crippen LogP contribution is -2.22. The zero-order valence-corrected chi connectivity index (χ0v) is 14.5. The lowest BCUT2D eigenvalue weighted by atomic mass is 10.0. The number of benzene rings is 2. The zero-order valence-electron chi connectivity index (χ0n) is 12.1. The van der Waals surface area contributed by atoms with Gasteiger partial charge >= 0.3 is 0 Å². The normalized spacial score (nSPS) is 14.0. The SMILES string of the molecule is CSc1ccc(C(C)N[C@@H](C)c2cccc(Br)c2)cc1. The minimum absolute atomic E-state index is 0.322. The van der Waals surface area contributed by atoms with Crippen molar-refractivity contribution >= 4 is 27.7 Å². The molecule has 2 atom stereocenters. The van der Waals surface area contributed by atoms with Gasteiger partial charge in [-0.05, 0) is 55.5 Å². The molecule has 0 saturated carbocycles. The number of halogens is 1. The van der Waals surface area contributed by atoms with Gasteiger partial charge in [0.2, 0.25) is 0 Å². The van der Waals surface area contributed by atoms with E-state index in [1.165, 1.54) is 16.0 Å². The Balaban J connectivity index is 2.04. The lowest BCUT2D eigenvalue weighted by Gasteiger charge is -2.21. The molecule has 1 N–H and O–H groups in total. The monoisotopic (exact) mass is 349 g/mol. The maximum absolute atomic E-state index is 3.65. The van der Waals surface area contributed by atoms with Gasteiger partial charge in [0.15, 0.2) is 0 Å². The van der Waals surface area contributed by atoms with Gasteiger partial charge in [-0.2, -0.15) is 0 Å². The molecule has 0 aliphatic carbocycles. The van der Waals surface area contributed by atoms with E-state index < -0.39 is 0 Å². The molecule has 0 aromatic heterocycles. The summed E-state index contributed by atoms with van der Waals surface area (Å²) in [4.78, 5) is 1.31. The molecule has 0 aliphatic rings. The predicted molar refractivity (Wildman–Crippen MR) is 92.3 cm³/mol. The van der Waals surface area contributed by atoms with Gasteiger partial charge < -0.3 is 5.32 Å². The second kappa shape index (κ2) is 7.30. The van der Waals surface area contributed by atoms with Crippen molar-refractivity contribution in [2.75, 3.05) is 6.26 Å². The summed E-state index contributed by atoms with van der Waals surface area (Å²) in [5, 5.41) is 3.65. The van der Waals surface area contributed by atoms with Gasteiger partial charge in [0.25, 0.3) is 0 Å². The summed E-state index contributed by atoms with van der Waals surface area (Å²) in [6.45, 7) is 4.41. The van der Waals surface area contributed by atoms with Crippen LogP contribution in [0.3, 0.4) is 0 Å². The molecule has 0 amide bonds. The van der Waals surface area contributed by atoms with Crippen LogP contribution in [0.1, 0.15) is 37.1 Å². The molecule has 3 heteroatoms. The van der Waals surface area contributed by atoms with E-state index in [9.17, 15) is 0 Å². The summed E-state index contributed by atoms with van der Waals surface area (Å²) in [6, 6.07) is 17.9. The van der Waals surface area contributed by atoms with Crippen LogP contribution in [0.5, 0.6) is 0 Å². The average molecular weight is 350 g/mol. The fraction of sp³-hybridized carbons (Fsp3) is 0.294. The molecule has 0 spiro atoms. The first-order valence-corrected chi connectivity index (χ1v) is 8.77. The van der Waals surface area contributed by atoms with Crippen molar-refractivity contribution in [2.45, 2.75) is 30.8 Å². The molecule has 2 aromatic rings. The Morgan fingerprint density at radius 1 is 0.950 bits per heavy atom. The van der Waals surface area contributed by atoms with Gasteiger partial charge in [0.1, 0.15) is 0 Å². The van der Waals surface area contributed by atoms with E-state index in [1.807, 2.05) is 0 Å². The molecule has 0 bridgehead atoms. The fourth-order valence-electron chi connectivity index (χ4n) is 2.24. The summed E-state index contributed by atoms with van der Waals surface area (Å²) in [6.07, 6.45) is 2.10. The minimum atomic E-state index is 0.322. The van der Waals surface area contributed by atoms with E-state index in [4.69, 9.17) is 0 Å². The molecular weight excluding hydrogens is 330 g/mol. The van der Waals surface area contributed by atoms with Crippen molar-refractivity contribution in [2.24, 2.45) is 0 Å². The number of hydrogen-bond acceptors (Lipinski definition) is 2. The summed E-state index contributed by atoms with van der Waals surface area (Å²) in [5.74, 6) is 0. The van der Waals surface area contributed by atoms with Crippen LogP contribution < -0.4 is 5.32 Å². The van der Waals surface area contributed by atoms with Crippen molar-refractivity contribution in [3.63, 3.8) is 0 Å². The first-order valence-electron chi connectivity index (χ1n) is 6.75. The van der Waals surface area contributed by atoms with Crippen LogP contribution in [0, 0.1) is 0 Å². The first-order chi connectivity index (χ1) is 9.60. The molecule has 0 aliphatic heterocycles. The van der Waals surface area contributed by atoms with E-state index in [0.29, 0.717) is 12.1 Å². The Kier molecular flexibility index (Phi) is 5.70. The van der Waals surface area contributed by atoms with Crippen LogP contribution in [0.2, 0.25) is 0 Å². The number of nitrogens with one attached hydrogen (secondary N) is 1. The van der Waals surface area contributed by atoms with Crippen LogP contribution in [0.25, 0.3) is 0 Å². The second-order valence-corrected chi connectivity index (χ2v) is 6.73. The molecule has 1 nitrogen and oxygen atoms in total. The highest BCUT2D eigenvalue weighted by Crippen LogP contribution is 2.23. The highest BCUT2D eigenvalue weighted by molar-refractivity contribution is 9.10. The van der Waals surface area contributed by atoms with E-state index in [0.717, 1.165) is 4.47 Å². The van der Waals surface area contributed by atoms with E-state index in [2.05, 4.69) is 89.9 Å². The Morgan fingerprint density at radius 3 is 2.20 bits per heavy atom. The van der Waals surface area contributed by atoms with Crippen molar-refractivity contribution < 1.29 is 0 Å². The molecule has 0 fully saturated rings. The zero-order chi connectivity index (χ0) is 14.5. The standard InChI is InChI=1S/C17H20BrNS/c1-12(14-7-9-17(20-3)10-8-14)19-13(2)15-5-4-6-16(18)11-15/h4-13,19H,1-3H3/t12?,13-/m0/s1. The first kappa shape index (κ1) is 15.6. The van der Waals surface area contributed by atoms with E-state index >= 15 is 0 Å². The highest BCUT2D eigenvalue weighted by Gasteiger charge is 2.11. The maximum atomic E-state index is 3.65. The van der Waals surface area contributed by atoms with Gasteiger partial charge in [-0.1, -0.05) is 40.2 Å². The van der Waals surface area contributed by atoms with Gasteiger partial charge in [0.05, 0.1) is 0 Å². The van der Waals surface area contributed by atoms with Crippen LogP contribution in [-0.4, -0.2) is 6.26 Å². The Morgan fingerprint density at radius 2 is 1.60 bits per heavy atom. The van der Waals surface area contributed by atoms with Crippen molar-refractivity contribution in [3.05, 3.63) is 64.1 Å². The Hall–Kier alpha value is -0.770. The van der Waals surface area contributed by atoms with Gasteiger partial charge in [-0.25, -0.2) is 0 Å². The van der Waals surface area contributed by atoms with Gasteiger partial charge in [-0.3, -0.25) is 0 Å². The molecule has 0 heterocycles. The van der Waals surface area contributed by atoms with E-state index in [1.54, 1.807) is 11.8 Å². The summed E-state index contributed by atoms with van der Waals surface area (Å²) < 4.78 is 1.13. The predicted octanol–water partition coefficient (Wildman–Crippen LogP) is 5.58. The minimum Gasteiger partial charge on any atom is -0.304 e. The topological polar surface area (TPSA) is 12.0 Å².